The zero-order valence-corrected chi connectivity index (χ0v) is 21.6. The molecule has 1 spiro atoms. The van der Waals surface area contributed by atoms with Gasteiger partial charge in [0.15, 0.2) is 0 Å². The van der Waals surface area contributed by atoms with Crippen molar-refractivity contribution in [3.05, 3.63) is 62.6 Å². The highest BCUT2D eigenvalue weighted by molar-refractivity contribution is 6.34. The van der Waals surface area contributed by atoms with Crippen LogP contribution in [-0.4, -0.2) is 42.9 Å². The average Bonchev–Trinajstić information content (AvgIpc) is 3.14. The van der Waals surface area contributed by atoms with Crippen molar-refractivity contribution < 1.29 is 9.59 Å². The van der Waals surface area contributed by atoms with Crippen LogP contribution in [0.15, 0.2) is 36.4 Å². The Morgan fingerprint density at radius 3 is 2.24 bits per heavy atom. The van der Waals surface area contributed by atoms with Crippen molar-refractivity contribution in [1.82, 2.24) is 10.2 Å². The van der Waals surface area contributed by atoms with E-state index in [-0.39, 0.29) is 23.3 Å². The molecule has 5 nitrogen and oxygen atoms in total. The second kappa shape index (κ2) is 8.46. The zero-order valence-electron chi connectivity index (χ0n) is 19.3. The number of amides is 2. The van der Waals surface area contributed by atoms with Crippen LogP contribution in [0.2, 0.25) is 15.1 Å². The maximum absolute atomic E-state index is 14.0. The van der Waals surface area contributed by atoms with Crippen LogP contribution in [0.5, 0.6) is 0 Å². The minimum Gasteiger partial charge on any atom is -0.347 e. The number of carbonyl (C=O) groups is 2. The number of halogens is 3. The average molecular weight is 509 g/mol. The molecule has 2 amide bonds. The van der Waals surface area contributed by atoms with Gasteiger partial charge in [0, 0.05) is 46.8 Å². The van der Waals surface area contributed by atoms with Crippen molar-refractivity contribution in [2.24, 2.45) is 5.41 Å². The standard InChI is InChI=1S/C25H28Cl3N3O2/c1-24(2,3)12-19-25(17-7-6-14(26)11-18(17)29-23(25)33)20(21(30-19)22(32)31(4)5)13-8-15(27)10-16(28)9-13/h6-11,19-21,30H,12H2,1-5H3,(H,29,33). The fraction of sp³-hybridized carbons (Fsp3) is 0.440. The molecule has 4 atom stereocenters. The van der Waals surface area contributed by atoms with Gasteiger partial charge >= 0.3 is 0 Å². The van der Waals surface area contributed by atoms with Crippen LogP contribution in [0.3, 0.4) is 0 Å². The Hall–Kier alpha value is -1.79. The van der Waals surface area contributed by atoms with Gasteiger partial charge in [0.25, 0.3) is 0 Å². The van der Waals surface area contributed by atoms with Crippen LogP contribution in [-0.2, 0) is 15.0 Å². The SMILES string of the molecule is CN(C)C(=O)C1NC(CC(C)(C)C)C2(C(=O)Nc3cc(Cl)ccc32)C1c1cc(Cl)cc(Cl)c1. The molecule has 8 heteroatoms. The first kappa shape index (κ1) is 24.3. The van der Waals surface area contributed by atoms with Crippen LogP contribution in [0.25, 0.3) is 0 Å². The Kier molecular flexibility index (Phi) is 6.24. The molecule has 33 heavy (non-hydrogen) atoms. The third-order valence-corrected chi connectivity index (χ3v) is 7.24. The Labute approximate surface area is 209 Å². The minimum atomic E-state index is -1.04. The van der Waals surface area contributed by atoms with E-state index < -0.39 is 17.4 Å². The molecule has 1 fully saturated rings. The number of benzene rings is 2. The summed E-state index contributed by atoms with van der Waals surface area (Å²) in [5.41, 5.74) is 1.09. The molecule has 0 aromatic heterocycles. The predicted molar refractivity (Wildman–Crippen MR) is 134 cm³/mol. The number of hydrogen-bond donors (Lipinski definition) is 2. The third-order valence-electron chi connectivity index (χ3n) is 6.57. The summed E-state index contributed by atoms with van der Waals surface area (Å²) < 4.78 is 0. The van der Waals surface area contributed by atoms with Gasteiger partial charge in [-0.05, 0) is 53.3 Å². The summed E-state index contributed by atoms with van der Waals surface area (Å²) in [5.74, 6) is -0.794. The van der Waals surface area contributed by atoms with Gasteiger partial charge < -0.3 is 15.5 Å². The molecule has 4 unspecified atom stereocenters. The van der Waals surface area contributed by atoms with Crippen LogP contribution in [0, 0.1) is 5.41 Å². The molecular weight excluding hydrogens is 481 g/mol. The van der Waals surface area contributed by atoms with Gasteiger partial charge in [-0.15, -0.1) is 0 Å². The lowest BCUT2D eigenvalue weighted by Gasteiger charge is -2.37. The Morgan fingerprint density at radius 1 is 1.03 bits per heavy atom. The van der Waals surface area contributed by atoms with Gasteiger partial charge in [0.1, 0.15) is 5.41 Å². The zero-order chi connectivity index (χ0) is 24.3. The number of carbonyl (C=O) groups excluding carboxylic acids is 2. The summed E-state index contributed by atoms with van der Waals surface area (Å²) in [6, 6.07) is 9.76. The van der Waals surface area contributed by atoms with Gasteiger partial charge in [0.2, 0.25) is 11.8 Å². The largest absolute Gasteiger partial charge is 0.347 e. The molecule has 2 aliphatic rings. The number of hydrogen-bond acceptors (Lipinski definition) is 3. The lowest BCUT2D eigenvalue weighted by Crippen LogP contribution is -2.49. The van der Waals surface area contributed by atoms with Gasteiger partial charge in [-0.3, -0.25) is 9.59 Å². The van der Waals surface area contributed by atoms with Crippen molar-refractivity contribution >= 4 is 52.3 Å². The summed E-state index contributed by atoms with van der Waals surface area (Å²) in [7, 11) is 3.44. The quantitative estimate of drug-likeness (QED) is 0.577. The first-order chi connectivity index (χ1) is 15.3. The number of nitrogens with zero attached hydrogens (tertiary/aromatic N) is 1. The lowest BCUT2D eigenvalue weighted by atomic mass is 9.62. The van der Waals surface area contributed by atoms with E-state index in [0.29, 0.717) is 27.2 Å². The normalized spacial score (nSPS) is 26.4. The molecule has 2 N–H and O–H groups in total. The smallest absolute Gasteiger partial charge is 0.239 e. The molecular formula is C25H28Cl3N3O2. The van der Waals surface area contributed by atoms with Gasteiger partial charge in [0.05, 0.1) is 6.04 Å². The van der Waals surface area contributed by atoms with Crippen molar-refractivity contribution in [3.63, 3.8) is 0 Å². The molecule has 2 aromatic rings. The highest BCUT2D eigenvalue weighted by atomic mass is 35.5. The van der Waals surface area contributed by atoms with E-state index in [1.165, 1.54) is 0 Å². The molecule has 4 rings (SSSR count). The van der Waals surface area contributed by atoms with E-state index in [1.807, 2.05) is 6.07 Å². The highest BCUT2D eigenvalue weighted by Gasteiger charge is 2.65. The first-order valence-electron chi connectivity index (χ1n) is 10.9. The van der Waals surface area contributed by atoms with Crippen LogP contribution >= 0.6 is 34.8 Å². The molecule has 0 aliphatic carbocycles. The van der Waals surface area contributed by atoms with E-state index in [1.54, 1.807) is 49.3 Å². The number of anilines is 1. The van der Waals surface area contributed by atoms with Gasteiger partial charge in [-0.25, -0.2) is 0 Å². The molecule has 176 valence electrons. The summed E-state index contributed by atoms with van der Waals surface area (Å²) >= 11 is 19.1. The maximum Gasteiger partial charge on any atom is 0.239 e. The molecule has 2 heterocycles. The predicted octanol–water partition coefficient (Wildman–Crippen LogP) is 5.49. The molecule has 1 saturated heterocycles. The second-order valence-corrected chi connectivity index (χ2v) is 11.7. The molecule has 0 bridgehead atoms. The van der Waals surface area contributed by atoms with Crippen LogP contribution in [0.1, 0.15) is 44.2 Å². The summed E-state index contributed by atoms with van der Waals surface area (Å²) in [6.45, 7) is 6.39. The highest BCUT2D eigenvalue weighted by Crippen LogP contribution is 2.57. The van der Waals surface area contributed by atoms with E-state index in [4.69, 9.17) is 34.8 Å². The van der Waals surface area contributed by atoms with Crippen LogP contribution in [0.4, 0.5) is 5.69 Å². The van der Waals surface area contributed by atoms with E-state index in [2.05, 4.69) is 31.4 Å². The molecule has 0 saturated carbocycles. The Balaban J connectivity index is 2.03. The van der Waals surface area contributed by atoms with Gasteiger partial charge in [-0.2, -0.15) is 0 Å². The summed E-state index contributed by atoms with van der Waals surface area (Å²) in [6.07, 6.45) is 0.671. The Morgan fingerprint density at radius 2 is 1.67 bits per heavy atom. The summed E-state index contributed by atoms with van der Waals surface area (Å²) in [4.78, 5) is 29.0. The maximum atomic E-state index is 14.0. The monoisotopic (exact) mass is 507 g/mol. The molecule has 0 radical (unpaired) electrons. The minimum absolute atomic E-state index is 0.104. The topological polar surface area (TPSA) is 61.4 Å². The number of likely N-dealkylation sites (N-methyl/N-ethyl adjacent to an activating group) is 1. The van der Waals surface area contributed by atoms with Crippen LogP contribution < -0.4 is 10.6 Å². The summed E-state index contributed by atoms with van der Waals surface area (Å²) in [5, 5.41) is 8.06. The van der Waals surface area contributed by atoms with E-state index >= 15 is 0 Å². The lowest BCUT2D eigenvalue weighted by molar-refractivity contribution is -0.131. The third kappa shape index (κ3) is 4.14. The number of fused-ring (bicyclic) bond motifs is 2. The Bertz CT molecular complexity index is 1110. The van der Waals surface area contributed by atoms with Crippen molar-refractivity contribution in [2.45, 2.75) is 50.6 Å². The van der Waals surface area contributed by atoms with Gasteiger partial charge in [-0.1, -0.05) is 61.6 Å². The van der Waals surface area contributed by atoms with Crippen molar-refractivity contribution in [1.29, 1.82) is 0 Å². The fourth-order valence-corrected chi connectivity index (χ4v) is 6.16. The van der Waals surface area contributed by atoms with Crippen molar-refractivity contribution in [3.8, 4) is 0 Å². The molecule has 2 aromatic carbocycles. The number of rotatable bonds is 3. The van der Waals surface area contributed by atoms with Crippen molar-refractivity contribution in [2.75, 3.05) is 19.4 Å². The fourth-order valence-electron chi connectivity index (χ4n) is 5.44. The van der Waals surface area contributed by atoms with E-state index in [0.717, 1.165) is 11.1 Å². The van der Waals surface area contributed by atoms with E-state index in [9.17, 15) is 9.59 Å². The number of nitrogens with one attached hydrogen (secondary N) is 2. The first-order valence-corrected chi connectivity index (χ1v) is 12.0. The second-order valence-electron chi connectivity index (χ2n) is 10.4. The molecule has 2 aliphatic heterocycles.